The normalized spacial score (nSPS) is 19.4. The van der Waals surface area contributed by atoms with E-state index in [1.165, 1.54) is 29.5 Å². The van der Waals surface area contributed by atoms with Crippen LogP contribution in [0.15, 0.2) is 45.5 Å². The van der Waals surface area contributed by atoms with Crippen LogP contribution in [0.25, 0.3) is 0 Å². The maximum absolute atomic E-state index is 14.1. The van der Waals surface area contributed by atoms with Crippen molar-refractivity contribution in [2.75, 3.05) is 13.1 Å². The second kappa shape index (κ2) is 11.3. The number of pyridine rings is 1. The molecule has 4 heterocycles. The number of piperidine rings is 1. The molecule has 0 aliphatic carbocycles. The van der Waals surface area contributed by atoms with E-state index in [4.69, 9.17) is 9.57 Å². The van der Waals surface area contributed by atoms with Gasteiger partial charge in [0.2, 0.25) is 12.1 Å². The zero-order valence-corrected chi connectivity index (χ0v) is 22.4. The monoisotopic (exact) mass is 630 g/mol. The molecular weight excluding hydrogens is 611 g/mol. The van der Waals surface area contributed by atoms with E-state index in [0.717, 1.165) is 11.1 Å². The zero-order chi connectivity index (χ0) is 27.7. The summed E-state index contributed by atoms with van der Waals surface area (Å²) in [5.41, 5.74) is -0.00163. The number of aromatic nitrogens is 2. The van der Waals surface area contributed by atoms with Crippen LogP contribution >= 0.6 is 27.3 Å². The maximum Gasteiger partial charge on any atom is 0.417 e. The average molecular weight is 631 g/mol. The number of aldehydes is 1. The number of benzene rings is 1. The Kier molecular flexibility index (Phi) is 7.96. The van der Waals surface area contributed by atoms with Crippen LogP contribution < -0.4 is 4.74 Å². The number of carbonyl (C=O) groups excluding carboxylic acids is 1. The van der Waals surface area contributed by atoms with E-state index in [1.54, 1.807) is 4.90 Å². The van der Waals surface area contributed by atoms with E-state index in [9.17, 15) is 26.7 Å². The summed E-state index contributed by atoms with van der Waals surface area (Å²) in [6, 6.07) is 4.49. The Morgan fingerprint density at radius 1 is 1.21 bits per heavy atom. The van der Waals surface area contributed by atoms with Crippen LogP contribution in [0.5, 0.6) is 5.88 Å². The van der Waals surface area contributed by atoms with Gasteiger partial charge in [-0.3, -0.25) is 9.69 Å². The second-order valence-electron chi connectivity index (χ2n) is 9.01. The lowest BCUT2D eigenvalue weighted by Gasteiger charge is -2.34. The van der Waals surface area contributed by atoms with Crippen molar-refractivity contribution in [3.05, 3.63) is 73.8 Å². The van der Waals surface area contributed by atoms with E-state index in [2.05, 4.69) is 31.1 Å². The van der Waals surface area contributed by atoms with E-state index in [-0.39, 0.29) is 28.3 Å². The molecule has 7 nitrogen and oxygen atoms in total. The number of oxime groups is 1. The van der Waals surface area contributed by atoms with Crippen LogP contribution in [0.3, 0.4) is 0 Å². The summed E-state index contributed by atoms with van der Waals surface area (Å²) in [7, 11) is 0. The molecule has 5 rings (SSSR count). The molecule has 0 amide bonds. The van der Waals surface area contributed by atoms with Crippen molar-refractivity contribution in [1.82, 2.24) is 14.9 Å². The average Bonchev–Trinajstić information content (AvgIpc) is 3.58. The van der Waals surface area contributed by atoms with E-state index in [0.29, 0.717) is 49.8 Å². The van der Waals surface area contributed by atoms with Gasteiger partial charge in [-0.05, 0) is 47.0 Å². The number of rotatable bonds is 7. The van der Waals surface area contributed by atoms with Crippen molar-refractivity contribution in [1.29, 1.82) is 0 Å². The lowest BCUT2D eigenvalue weighted by molar-refractivity contribution is -0.138. The van der Waals surface area contributed by atoms with E-state index < -0.39 is 35.7 Å². The second-order valence-corrected chi connectivity index (χ2v) is 10.7. The summed E-state index contributed by atoms with van der Waals surface area (Å²) >= 11 is 4.48. The number of hydrogen-bond donors (Lipinski definition) is 0. The van der Waals surface area contributed by atoms with Gasteiger partial charge >= 0.3 is 6.18 Å². The van der Waals surface area contributed by atoms with Crippen LogP contribution in [0.4, 0.5) is 22.0 Å². The van der Waals surface area contributed by atoms with Gasteiger partial charge in [0.25, 0.3) is 0 Å². The van der Waals surface area contributed by atoms with E-state index in [1.807, 2.05) is 5.38 Å². The summed E-state index contributed by atoms with van der Waals surface area (Å²) in [6.45, 7) is 0.972. The van der Waals surface area contributed by atoms with Crippen molar-refractivity contribution in [2.24, 2.45) is 5.16 Å². The first-order chi connectivity index (χ1) is 18.6. The first kappa shape index (κ1) is 27.6. The van der Waals surface area contributed by atoms with Gasteiger partial charge < -0.3 is 9.57 Å². The van der Waals surface area contributed by atoms with Gasteiger partial charge in [0.15, 0.2) is 12.4 Å². The number of alkyl halides is 3. The van der Waals surface area contributed by atoms with Gasteiger partial charge in [-0.25, -0.2) is 18.7 Å². The van der Waals surface area contributed by atoms with Gasteiger partial charge in [-0.15, -0.1) is 11.3 Å². The Morgan fingerprint density at radius 3 is 2.56 bits per heavy atom. The fourth-order valence-electron chi connectivity index (χ4n) is 4.48. The summed E-state index contributed by atoms with van der Waals surface area (Å²) in [5, 5.41) is 6.70. The molecule has 0 N–H and O–H groups in total. The molecule has 0 bridgehead atoms. The van der Waals surface area contributed by atoms with Gasteiger partial charge in [0.05, 0.1) is 26.3 Å². The van der Waals surface area contributed by atoms with Crippen molar-refractivity contribution < 1.29 is 36.3 Å². The molecule has 2 aliphatic rings. The molecule has 2 aromatic heterocycles. The molecule has 2 atom stereocenters. The summed E-state index contributed by atoms with van der Waals surface area (Å²) in [4.78, 5) is 27.2. The number of halogens is 6. The molecule has 206 valence electrons. The highest BCUT2D eigenvalue weighted by Gasteiger charge is 2.34. The summed E-state index contributed by atoms with van der Waals surface area (Å²) in [6.07, 6.45) is -3.68. The highest BCUT2D eigenvalue weighted by molar-refractivity contribution is 9.10. The Morgan fingerprint density at radius 2 is 1.92 bits per heavy atom. The quantitative estimate of drug-likeness (QED) is 0.227. The van der Waals surface area contributed by atoms with Crippen molar-refractivity contribution in [3.8, 4) is 5.88 Å². The molecule has 1 saturated heterocycles. The number of likely N-dealkylation sites (tertiary alicyclic amines) is 1. The smallest absolute Gasteiger partial charge is 0.417 e. The van der Waals surface area contributed by atoms with Gasteiger partial charge in [-0.2, -0.15) is 13.2 Å². The predicted molar refractivity (Wildman–Crippen MR) is 134 cm³/mol. The molecule has 0 radical (unpaired) electrons. The topological polar surface area (TPSA) is 76.9 Å². The summed E-state index contributed by atoms with van der Waals surface area (Å²) in [5.74, 6) is -1.40. The van der Waals surface area contributed by atoms with Crippen LogP contribution in [0, 0.1) is 11.6 Å². The van der Waals surface area contributed by atoms with Crippen LogP contribution in [-0.4, -0.2) is 46.2 Å². The highest BCUT2D eigenvalue weighted by Crippen LogP contribution is 2.37. The Hall–Kier alpha value is -2.97. The van der Waals surface area contributed by atoms with Crippen LogP contribution in [-0.2, 0) is 15.8 Å². The number of carbonyl (C=O) groups is 1. The first-order valence-electron chi connectivity index (χ1n) is 11.8. The number of ether oxygens (including phenoxy) is 1. The molecule has 1 fully saturated rings. The molecular formula is C25H20BrF5N4O3S. The minimum absolute atomic E-state index is 0.00633. The van der Waals surface area contributed by atoms with Crippen molar-refractivity contribution in [2.45, 2.75) is 43.7 Å². The SMILES string of the molecule is O=CC(Oc1ncc(C(F)(F)F)cc1Br)N1CCC(c2nc(C3=NO[C@@H](c4c(F)cccc4F)C3)cs2)CC1. The minimum Gasteiger partial charge on any atom is -0.450 e. The van der Waals surface area contributed by atoms with Gasteiger partial charge in [0.1, 0.15) is 17.3 Å². The minimum atomic E-state index is -4.55. The third kappa shape index (κ3) is 5.97. The van der Waals surface area contributed by atoms with Crippen LogP contribution in [0.1, 0.15) is 53.1 Å². The van der Waals surface area contributed by atoms with Gasteiger partial charge in [-0.1, -0.05) is 11.2 Å². The molecule has 1 unspecified atom stereocenters. The Balaban J connectivity index is 1.18. The Bertz CT molecular complexity index is 1370. The molecule has 0 spiro atoms. The third-order valence-electron chi connectivity index (χ3n) is 6.53. The number of thiazole rings is 1. The van der Waals surface area contributed by atoms with E-state index >= 15 is 0 Å². The molecule has 0 saturated carbocycles. The molecule has 39 heavy (non-hydrogen) atoms. The maximum atomic E-state index is 14.1. The lowest BCUT2D eigenvalue weighted by atomic mass is 9.97. The third-order valence-corrected chi connectivity index (χ3v) is 8.11. The number of nitrogens with zero attached hydrogens (tertiary/aromatic N) is 4. The molecule has 1 aromatic carbocycles. The predicted octanol–water partition coefficient (Wildman–Crippen LogP) is 6.25. The zero-order valence-electron chi connectivity index (χ0n) is 20.0. The largest absolute Gasteiger partial charge is 0.450 e. The fraction of sp³-hybridized carbons (Fsp3) is 0.360. The number of hydrogen-bond acceptors (Lipinski definition) is 8. The standard InChI is InChI=1S/C25H20BrF5N4O3S/c26-15-8-14(25(29,30)31)10-32-23(15)37-21(11-36)35-6-4-13(5-7-35)24-33-19(12-39-24)18-9-20(38-34-18)22-16(27)2-1-3-17(22)28/h1-3,8,10-13,20-21H,4-7,9H2/t20-,21?/m1/s1. The molecule has 3 aromatic rings. The van der Waals surface area contributed by atoms with Crippen molar-refractivity contribution in [3.63, 3.8) is 0 Å². The van der Waals surface area contributed by atoms with Crippen LogP contribution in [0.2, 0.25) is 0 Å². The van der Waals surface area contributed by atoms with Crippen molar-refractivity contribution >= 4 is 39.3 Å². The molecule has 14 heteroatoms. The first-order valence-corrected chi connectivity index (χ1v) is 13.5. The van der Waals surface area contributed by atoms with Gasteiger partial charge in [0, 0.05) is 37.0 Å². The highest BCUT2D eigenvalue weighted by atomic mass is 79.9. The summed E-state index contributed by atoms with van der Waals surface area (Å²) < 4.78 is 72.5. The Labute approximate surface area is 231 Å². The fourth-order valence-corrected chi connectivity index (χ4v) is 5.92. The molecule has 2 aliphatic heterocycles. The lowest BCUT2D eigenvalue weighted by Crippen LogP contribution is -2.45.